The number of amides is 1. The molecule has 0 fully saturated rings. The molecule has 23 heavy (non-hydrogen) atoms. The number of aromatic nitrogens is 1. The molecule has 7 heteroatoms. The fourth-order valence-corrected chi connectivity index (χ4v) is 1.99. The number of nitrogens with one attached hydrogen (secondary N) is 1. The first-order valence-corrected chi connectivity index (χ1v) is 6.81. The van der Waals surface area contributed by atoms with E-state index in [2.05, 4.69) is 10.3 Å². The molecule has 0 aliphatic rings. The van der Waals surface area contributed by atoms with Gasteiger partial charge in [0.05, 0.1) is 0 Å². The molecule has 0 aliphatic carbocycles. The van der Waals surface area contributed by atoms with Crippen molar-refractivity contribution in [3.05, 3.63) is 66.0 Å². The van der Waals surface area contributed by atoms with Gasteiger partial charge in [0.25, 0.3) is 5.91 Å². The molecular weight excluding hydrogens is 337 g/mol. The minimum atomic E-state index is -1.24. The van der Waals surface area contributed by atoms with E-state index in [1.165, 1.54) is 0 Å². The molecule has 1 aromatic heterocycles. The number of halogens is 2. The van der Waals surface area contributed by atoms with Gasteiger partial charge < -0.3 is 16.2 Å². The molecule has 126 valence electrons. The number of aliphatic hydroxyl groups excluding tert-OH is 1. The smallest absolute Gasteiger partial charge is 0.250 e. The van der Waals surface area contributed by atoms with Crippen LogP contribution in [0, 0.1) is 0 Å². The van der Waals surface area contributed by atoms with Gasteiger partial charge in [0, 0.05) is 25.0 Å². The summed E-state index contributed by atoms with van der Waals surface area (Å²) in [4.78, 5) is 15.9. The fourth-order valence-electron chi connectivity index (χ4n) is 1.99. The first kappa shape index (κ1) is 21.3. The van der Waals surface area contributed by atoms with Crippen molar-refractivity contribution in [2.45, 2.75) is 25.1 Å². The van der Waals surface area contributed by atoms with Gasteiger partial charge in [-0.05, 0) is 23.6 Å². The van der Waals surface area contributed by atoms with E-state index >= 15 is 0 Å². The molecule has 2 rings (SSSR count). The second-order valence-corrected chi connectivity index (χ2v) is 4.88. The zero-order valence-electron chi connectivity index (χ0n) is 12.5. The number of hydrogen-bond acceptors (Lipinski definition) is 4. The highest BCUT2D eigenvalue weighted by Crippen LogP contribution is 2.04. The maximum Gasteiger partial charge on any atom is 0.250 e. The summed E-state index contributed by atoms with van der Waals surface area (Å²) in [5.41, 5.74) is 7.74. The van der Waals surface area contributed by atoms with Crippen LogP contribution in [0.1, 0.15) is 11.1 Å². The number of benzene rings is 1. The van der Waals surface area contributed by atoms with Crippen molar-refractivity contribution in [1.29, 1.82) is 0 Å². The molecule has 2 atom stereocenters. The molecule has 0 saturated heterocycles. The Bertz CT molecular complexity index is 570. The Hall–Kier alpha value is -1.66. The van der Waals surface area contributed by atoms with Crippen molar-refractivity contribution in [1.82, 2.24) is 10.3 Å². The van der Waals surface area contributed by atoms with Gasteiger partial charge in [0.2, 0.25) is 0 Å². The van der Waals surface area contributed by atoms with Gasteiger partial charge in [-0.2, -0.15) is 0 Å². The first-order valence-electron chi connectivity index (χ1n) is 6.81. The number of nitrogens with two attached hydrogens (primary N) is 1. The van der Waals surface area contributed by atoms with E-state index in [0.29, 0.717) is 13.0 Å². The molecule has 0 spiro atoms. The van der Waals surface area contributed by atoms with Gasteiger partial charge in [-0.25, -0.2) is 0 Å². The first-order chi connectivity index (χ1) is 10.2. The van der Waals surface area contributed by atoms with Crippen LogP contribution in [0.5, 0.6) is 0 Å². The highest BCUT2D eigenvalue weighted by molar-refractivity contribution is 5.85. The highest BCUT2D eigenvalue weighted by atomic mass is 35.5. The number of hydrogen-bond donors (Lipinski definition) is 3. The second-order valence-electron chi connectivity index (χ2n) is 4.88. The molecule has 0 aliphatic heterocycles. The largest absolute Gasteiger partial charge is 0.382 e. The van der Waals surface area contributed by atoms with Crippen LogP contribution in [0.3, 0.4) is 0 Å². The number of aliphatic hydroxyl groups is 1. The Morgan fingerprint density at radius 1 is 1.13 bits per heavy atom. The lowest BCUT2D eigenvalue weighted by Crippen LogP contribution is -2.47. The monoisotopic (exact) mass is 357 g/mol. The molecule has 1 heterocycles. The average Bonchev–Trinajstić information content (AvgIpc) is 2.53. The molecule has 0 saturated carbocycles. The summed E-state index contributed by atoms with van der Waals surface area (Å²) in [5.74, 6) is -0.463. The lowest BCUT2D eigenvalue weighted by atomic mass is 10.0. The predicted octanol–water partition coefficient (Wildman–Crippen LogP) is 1.47. The third-order valence-corrected chi connectivity index (χ3v) is 3.18. The lowest BCUT2D eigenvalue weighted by molar-refractivity contribution is -0.130. The normalized spacial score (nSPS) is 12.3. The zero-order valence-corrected chi connectivity index (χ0v) is 14.1. The molecule has 2 unspecified atom stereocenters. The standard InChI is InChI=1S/C16H19N3O2.2ClH/c17-14(9-13-7-4-8-18-10-13)15(20)16(21)19-11-12-5-2-1-3-6-12;;/h1-8,10,14-15,20H,9,11,17H2,(H,19,21);2*1H. The Morgan fingerprint density at radius 2 is 1.78 bits per heavy atom. The number of nitrogens with zero attached hydrogens (tertiary/aromatic N) is 1. The number of carbonyl (C=O) groups is 1. The molecule has 5 nitrogen and oxygen atoms in total. The van der Waals surface area contributed by atoms with E-state index in [1.807, 2.05) is 36.4 Å². The van der Waals surface area contributed by atoms with E-state index in [-0.39, 0.29) is 24.8 Å². The highest BCUT2D eigenvalue weighted by Gasteiger charge is 2.22. The summed E-state index contributed by atoms with van der Waals surface area (Å²) in [6.45, 7) is 0.371. The van der Waals surface area contributed by atoms with Gasteiger partial charge in [-0.3, -0.25) is 9.78 Å². The number of carbonyl (C=O) groups excluding carboxylic acids is 1. The second kappa shape index (κ2) is 11.0. The van der Waals surface area contributed by atoms with Gasteiger partial charge in [-0.15, -0.1) is 24.8 Å². The summed E-state index contributed by atoms with van der Waals surface area (Å²) < 4.78 is 0. The topological polar surface area (TPSA) is 88.2 Å². The van der Waals surface area contributed by atoms with Crippen LogP contribution >= 0.6 is 24.8 Å². The average molecular weight is 358 g/mol. The molecule has 2 aromatic rings. The van der Waals surface area contributed by atoms with Crippen molar-refractivity contribution in [3.8, 4) is 0 Å². The minimum Gasteiger partial charge on any atom is -0.382 e. The maximum absolute atomic E-state index is 11.9. The van der Waals surface area contributed by atoms with E-state index < -0.39 is 18.1 Å². The Morgan fingerprint density at radius 3 is 2.39 bits per heavy atom. The van der Waals surface area contributed by atoms with Crippen molar-refractivity contribution >= 4 is 30.7 Å². The molecule has 1 amide bonds. The molecule has 0 bridgehead atoms. The Kier molecular flexibility index (Phi) is 10.2. The van der Waals surface area contributed by atoms with Gasteiger partial charge in [0.1, 0.15) is 6.10 Å². The van der Waals surface area contributed by atoms with Crippen LogP contribution < -0.4 is 11.1 Å². The third-order valence-electron chi connectivity index (χ3n) is 3.18. The molecule has 4 N–H and O–H groups in total. The van der Waals surface area contributed by atoms with Gasteiger partial charge >= 0.3 is 0 Å². The third kappa shape index (κ3) is 6.97. The summed E-state index contributed by atoms with van der Waals surface area (Å²) in [7, 11) is 0. The number of pyridine rings is 1. The minimum absolute atomic E-state index is 0. The van der Waals surface area contributed by atoms with Gasteiger partial charge in [-0.1, -0.05) is 36.4 Å². The van der Waals surface area contributed by atoms with Crippen LogP contribution in [0.15, 0.2) is 54.9 Å². The summed E-state index contributed by atoms with van der Waals surface area (Å²) >= 11 is 0. The van der Waals surface area contributed by atoms with E-state index in [1.54, 1.807) is 18.5 Å². The van der Waals surface area contributed by atoms with Crippen LogP contribution in [0.25, 0.3) is 0 Å². The van der Waals surface area contributed by atoms with Crippen molar-refractivity contribution < 1.29 is 9.90 Å². The van der Waals surface area contributed by atoms with Crippen molar-refractivity contribution in [2.75, 3.05) is 0 Å². The van der Waals surface area contributed by atoms with E-state index in [4.69, 9.17) is 5.73 Å². The maximum atomic E-state index is 11.9. The molecule has 1 aromatic carbocycles. The SMILES string of the molecule is Cl.Cl.NC(Cc1cccnc1)C(O)C(=O)NCc1ccccc1. The zero-order chi connectivity index (χ0) is 15.1. The predicted molar refractivity (Wildman–Crippen MR) is 94.7 cm³/mol. The molecular formula is C16H21Cl2N3O2. The van der Waals surface area contributed by atoms with Crippen LogP contribution in [0.2, 0.25) is 0 Å². The quantitative estimate of drug-likeness (QED) is 0.730. The fraction of sp³-hybridized carbons (Fsp3) is 0.250. The number of rotatable bonds is 6. The lowest BCUT2D eigenvalue weighted by Gasteiger charge is -2.18. The van der Waals surface area contributed by atoms with Crippen molar-refractivity contribution in [2.24, 2.45) is 5.73 Å². The summed E-state index contributed by atoms with van der Waals surface area (Å²) in [6.07, 6.45) is 2.49. The summed E-state index contributed by atoms with van der Waals surface area (Å²) in [6, 6.07) is 12.5. The Labute approximate surface area is 148 Å². The van der Waals surface area contributed by atoms with Gasteiger partial charge in [0.15, 0.2) is 0 Å². The van der Waals surface area contributed by atoms with Crippen LogP contribution in [-0.4, -0.2) is 28.1 Å². The molecule has 0 radical (unpaired) electrons. The van der Waals surface area contributed by atoms with Crippen LogP contribution in [-0.2, 0) is 17.8 Å². The Balaban J connectivity index is 0.00000242. The van der Waals surface area contributed by atoms with Crippen LogP contribution in [0.4, 0.5) is 0 Å². The summed E-state index contributed by atoms with van der Waals surface area (Å²) in [5, 5.41) is 12.6. The van der Waals surface area contributed by atoms with Crippen molar-refractivity contribution in [3.63, 3.8) is 0 Å². The van der Waals surface area contributed by atoms with E-state index in [9.17, 15) is 9.90 Å². The van der Waals surface area contributed by atoms with E-state index in [0.717, 1.165) is 11.1 Å².